The second-order valence-corrected chi connectivity index (χ2v) is 8.13. The molecule has 0 saturated heterocycles. The number of carbonyl (C=O) groups is 1. The fraction of sp³-hybridized carbons (Fsp3) is 0.160. The van der Waals surface area contributed by atoms with Crippen molar-refractivity contribution in [2.24, 2.45) is 0 Å². The van der Waals surface area contributed by atoms with Crippen molar-refractivity contribution in [3.8, 4) is 6.07 Å². The SMILES string of the molecule is CCn1cc(Cc2ccc(C(=O)NCc3ccccn3)cc2Br)c2ccc(C#N)cc21. The summed E-state index contributed by atoms with van der Waals surface area (Å²) >= 11 is 3.64. The third-order valence-electron chi connectivity index (χ3n) is 5.29. The molecule has 6 heteroatoms. The van der Waals surface area contributed by atoms with Gasteiger partial charge in [0.05, 0.1) is 23.9 Å². The Morgan fingerprint density at radius 3 is 2.74 bits per heavy atom. The minimum Gasteiger partial charge on any atom is -0.347 e. The summed E-state index contributed by atoms with van der Waals surface area (Å²) in [6.07, 6.45) is 4.58. The Balaban J connectivity index is 1.54. The zero-order valence-electron chi connectivity index (χ0n) is 17.1. The van der Waals surface area contributed by atoms with Crippen molar-refractivity contribution in [2.75, 3.05) is 0 Å². The average Bonchev–Trinajstić information content (AvgIpc) is 3.16. The van der Waals surface area contributed by atoms with Crippen LogP contribution in [0, 0.1) is 11.3 Å². The normalized spacial score (nSPS) is 10.7. The maximum Gasteiger partial charge on any atom is 0.251 e. The topological polar surface area (TPSA) is 70.7 Å². The fourth-order valence-corrected chi connectivity index (χ4v) is 4.17. The zero-order chi connectivity index (χ0) is 21.8. The van der Waals surface area contributed by atoms with Gasteiger partial charge in [-0.1, -0.05) is 34.1 Å². The van der Waals surface area contributed by atoms with Crippen LogP contribution >= 0.6 is 15.9 Å². The summed E-state index contributed by atoms with van der Waals surface area (Å²) in [4.78, 5) is 16.8. The molecule has 2 heterocycles. The monoisotopic (exact) mass is 472 g/mol. The molecule has 0 bridgehead atoms. The second-order valence-electron chi connectivity index (χ2n) is 7.27. The summed E-state index contributed by atoms with van der Waals surface area (Å²) < 4.78 is 3.06. The molecule has 1 amide bonds. The van der Waals surface area contributed by atoms with Crippen molar-refractivity contribution in [2.45, 2.75) is 26.4 Å². The first kappa shape index (κ1) is 20.8. The number of nitriles is 1. The highest BCUT2D eigenvalue weighted by Gasteiger charge is 2.13. The van der Waals surface area contributed by atoms with Gasteiger partial charge >= 0.3 is 0 Å². The van der Waals surface area contributed by atoms with Crippen molar-refractivity contribution in [3.63, 3.8) is 0 Å². The molecule has 1 N–H and O–H groups in total. The Morgan fingerprint density at radius 1 is 1.16 bits per heavy atom. The van der Waals surface area contributed by atoms with Crippen LogP contribution in [0.15, 0.2) is 71.5 Å². The second kappa shape index (κ2) is 9.15. The molecule has 0 fully saturated rings. The highest BCUT2D eigenvalue weighted by molar-refractivity contribution is 9.10. The Labute approximate surface area is 189 Å². The number of carbonyl (C=O) groups excluding carboxylic acids is 1. The average molecular weight is 473 g/mol. The predicted octanol–water partition coefficient (Wildman–Crippen LogP) is 5.21. The van der Waals surface area contributed by atoms with E-state index in [0.717, 1.165) is 39.6 Å². The number of pyridine rings is 1. The van der Waals surface area contributed by atoms with Crippen LogP contribution in [-0.4, -0.2) is 15.5 Å². The molecule has 154 valence electrons. The summed E-state index contributed by atoms with van der Waals surface area (Å²) in [5.41, 5.74) is 5.43. The number of nitrogens with zero attached hydrogens (tertiary/aromatic N) is 3. The van der Waals surface area contributed by atoms with Crippen molar-refractivity contribution in [1.82, 2.24) is 14.9 Å². The molecule has 2 aromatic heterocycles. The van der Waals surface area contributed by atoms with E-state index in [1.165, 1.54) is 5.56 Å². The van der Waals surface area contributed by atoms with Gasteiger partial charge in [0.1, 0.15) is 0 Å². The minimum atomic E-state index is -0.135. The van der Waals surface area contributed by atoms with Crippen LogP contribution in [-0.2, 0) is 19.5 Å². The van der Waals surface area contributed by atoms with Gasteiger partial charge < -0.3 is 9.88 Å². The lowest BCUT2D eigenvalue weighted by Gasteiger charge is -2.08. The van der Waals surface area contributed by atoms with E-state index in [2.05, 4.69) is 50.0 Å². The zero-order valence-corrected chi connectivity index (χ0v) is 18.7. The summed E-state index contributed by atoms with van der Waals surface area (Å²) in [5, 5.41) is 13.3. The fourth-order valence-electron chi connectivity index (χ4n) is 3.65. The highest BCUT2D eigenvalue weighted by Crippen LogP contribution is 2.28. The standard InChI is InChI=1S/C25H21BrN4O/c1-2-30-16-20(22-9-6-17(14-27)11-24(22)30)12-18-7-8-19(13-23(18)26)25(31)29-15-21-5-3-4-10-28-21/h3-11,13,16H,2,12,15H2,1H3,(H,29,31). The van der Waals surface area contributed by atoms with Crippen LogP contribution in [0.25, 0.3) is 10.9 Å². The van der Waals surface area contributed by atoms with Crippen molar-refractivity contribution in [1.29, 1.82) is 5.26 Å². The summed E-state index contributed by atoms with van der Waals surface area (Å²) in [6.45, 7) is 3.32. The third-order valence-corrected chi connectivity index (χ3v) is 6.03. The van der Waals surface area contributed by atoms with Crippen LogP contribution in [0.3, 0.4) is 0 Å². The molecule has 0 spiro atoms. The van der Waals surface area contributed by atoms with Gasteiger partial charge in [0.2, 0.25) is 0 Å². The van der Waals surface area contributed by atoms with Gasteiger partial charge in [-0.2, -0.15) is 5.26 Å². The minimum absolute atomic E-state index is 0.135. The number of nitrogens with one attached hydrogen (secondary N) is 1. The summed E-state index contributed by atoms with van der Waals surface area (Å²) in [5.74, 6) is -0.135. The number of fused-ring (bicyclic) bond motifs is 1. The number of rotatable bonds is 6. The number of hydrogen-bond acceptors (Lipinski definition) is 3. The van der Waals surface area contributed by atoms with Gasteiger partial charge in [0.15, 0.2) is 0 Å². The van der Waals surface area contributed by atoms with Crippen LogP contribution in [0.5, 0.6) is 0 Å². The lowest BCUT2D eigenvalue weighted by Crippen LogP contribution is -2.23. The Morgan fingerprint density at radius 2 is 2.03 bits per heavy atom. The molecule has 31 heavy (non-hydrogen) atoms. The van der Waals surface area contributed by atoms with Gasteiger partial charge in [-0.15, -0.1) is 0 Å². The van der Waals surface area contributed by atoms with Gasteiger partial charge in [-0.05, 0) is 54.4 Å². The lowest BCUT2D eigenvalue weighted by molar-refractivity contribution is 0.0950. The smallest absolute Gasteiger partial charge is 0.251 e. The van der Waals surface area contributed by atoms with Crippen LogP contribution in [0.1, 0.15) is 39.7 Å². The molecule has 0 radical (unpaired) electrons. The molecule has 2 aromatic carbocycles. The maximum atomic E-state index is 12.5. The molecule has 0 aliphatic carbocycles. The molecule has 4 rings (SSSR count). The molecule has 0 saturated carbocycles. The predicted molar refractivity (Wildman–Crippen MR) is 125 cm³/mol. The van der Waals surface area contributed by atoms with E-state index in [4.69, 9.17) is 0 Å². The van der Waals surface area contributed by atoms with E-state index in [1.807, 2.05) is 54.6 Å². The largest absolute Gasteiger partial charge is 0.347 e. The van der Waals surface area contributed by atoms with E-state index in [9.17, 15) is 10.1 Å². The number of benzene rings is 2. The van der Waals surface area contributed by atoms with Gasteiger partial charge in [-0.25, -0.2) is 0 Å². The van der Waals surface area contributed by atoms with E-state index >= 15 is 0 Å². The van der Waals surface area contributed by atoms with E-state index < -0.39 is 0 Å². The van der Waals surface area contributed by atoms with Crippen LogP contribution in [0.4, 0.5) is 0 Å². The number of hydrogen-bond donors (Lipinski definition) is 1. The molecule has 0 unspecified atom stereocenters. The molecule has 0 aliphatic heterocycles. The molecule has 0 atom stereocenters. The number of halogens is 1. The molecule has 0 aliphatic rings. The van der Waals surface area contributed by atoms with Gasteiger partial charge in [0.25, 0.3) is 5.91 Å². The van der Waals surface area contributed by atoms with Crippen LogP contribution in [0.2, 0.25) is 0 Å². The first-order valence-corrected chi connectivity index (χ1v) is 10.9. The lowest BCUT2D eigenvalue weighted by atomic mass is 10.0. The Hall–Kier alpha value is -3.43. The van der Waals surface area contributed by atoms with E-state index in [0.29, 0.717) is 17.7 Å². The first-order valence-electron chi connectivity index (χ1n) is 10.1. The highest BCUT2D eigenvalue weighted by atomic mass is 79.9. The van der Waals surface area contributed by atoms with Gasteiger partial charge in [0, 0.05) is 46.3 Å². The van der Waals surface area contributed by atoms with Crippen LogP contribution < -0.4 is 5.32 Å². The first-order chi connectivity index (χ1) is 15.1. The van der Waals surface area contributed by atoms with Crippen molar-refractivity contribution >= 4 is 32.7 Å². The van der Waals surface area contributed by atoms with Crippen molar-refractivity contribution in [3.05, 3.63) is 99.4 Å². The molecular weight excluding hydrogens is 452 g/mol. The van der Waals surface area contributed by atoms with E-state index in [1.54, 1.807) is 6.20 Å². The maximum absolute atomic E-state index is 12.5. The Bertz CT molecular complexity index is 1290. The molecule has 4 aromatic rings. The molecular formula is C25H21BrN4O. The molecule has 5 nitrogen and oxygen atoms in total. The number of aryl methyl sites for hydroxylation is 1. The van der Waals surface area contributed by atoms with Gasteiger partial charge in [-0.3, -0.25) is 9.78 Å². The van der Waals surface area contributed by atoms with Crippen molar-refractivity contribution < 1.29 is 4.79 Å². The summed E-state index contributed by atoms with van der Waals surface area (Å²) in [7, 11) is 0. The Kier molecular flexibility index (Phi) is 6.15. The number of amides is 1. The third kappa shape index (κ3) is 4.52. The summed E-state index contributed by atoms with van der Waals surface area (Å²) in [6, 6.07) is 19.3. The van der Waals surface area contributed by atoms with E-state index in [-0.39, 0.29) is 5.91 Å². The quantitative estimate of drug-likeness (QED) is 0.418. The number of aromatic nitrogens is 2.